The van der Waals surface area contributed by atoms with Crippen LogP contribution in [-0.4, -0.2) is 37.7 Å². The van der Waals surface area contributed by atoms with Gasteiger partial charge in [0.1, 0.15) is 5.82 Å². The quantitative estimate of drug-likeness (QED) is 0.261. The van der Waals surface area contributed by atoms with Crippen LogP contribution in [0.5, 0.6) is 11.5 Å². The average molecular weight is 478 g/mol. The molecule has 0 atom stereocenters. The fourth-order valence-corrected chi connectivity index (χ4v) is 2.80. The van der Waals surface area contributed by atoms with E-state index in [0.29, 0.717) is 28.4 Å². The van der Waals surface area contributed by atoms with E-state index < -0.39 is 23.5 Å². The van der Waals surface area contributed by atoms with E-state index in [-0.39, 0.29) is 6.61 Å². The Bertz CT molecular complexity index is 1230. The van der Waals surface area contributed by atoms with Gasteiger partial charge in [-0.1, -0.05) is 17.7 Å². The SMILES string of the molecule is COc1cc(/C=N\NC(=O)C(=O)Nc2ccc(C)cc2)ccc1OCC(=O)Nc1ccc(F)cc1. The third-order valence-corrected chi connectivity index (χ3v) is 4.57. The van der Waals surface area contributed by atoms with Gasteiger partial charge in [-0.2, -0.15) is 5.10 Å². The number of rotatable bonds is 8. The molecule has 0 aliphatic rings. The summed E-state index contributed by atoms with van der Waals surface area (Å²) in [5, 5.41) is 8.84. The number of methoxy groups -OCH3 is 1. The van der Waals surface area contributed by atoms with Gasteiger partial charge in [-0.15, -0.1) is 0 Å². The normalized spacial score (nSPS) is 10.5. The fourth-order valence-electron chi connectivity index (χ4n) is 2.80. The van der Waals surface area contributed by atoms with Crippen LogP contribution in [0.15, 0.2) is 71.8 Å². The maximum Gasteiger partial charge on any atom is 0.329 e. The van der Waals surface area contributed by atoms with Crippen molar-refractivity contribution in [1.29, 1.82) is 0 Å². The van der Waals surface area contributed by atoms with Gasteiger partial charge in [-0.25, -0.2) is 9.82 Å². The standard InChI is InChI=1S/C25H23FN4O5/c1-16-3-8-20(9-4-16)29-24(32)25(33)30-27-14-17-5-12-21(22(13-17)34-2)35-15-23(31)28-19-10-6-18(26)7-11-19/h3-14H,15H2,1-2H3,(H,28,31)(H,29,32)(H,30,33)/b27-14-. The number of ether oxygens (including phenoxy) is 2. The van der Waals surface area contributed by atoms with Crippen molar-refractivity contribution >= 4 is 35.3 Å². The van der Waals surface area contributed by atoms with Crippen molar-refractivity contribution in [2.75, 3.05) is 24.4 Å². The van der Waals surface area contributed by atoms with Crippen LogP contribution in [0.1, 0.15) is 11.1 Å². The van der Waals surface area contributed by atoms with Gasteiger partial charge in [0.25, 0.3) is 5.91 Å². The minimum atomic E-state index is -0.930. The van der Waals surface area contributed by atoms with E-state index in [4.69, 9.17) is 9.47 Å². The van der Waals surface area contributed by atoms with Gasteiger partial charge >= 0.3 is 11.8 Å². The molecule has 0 saturated heterocycles. The van der Waals surface area contributed by atoms with E-state index in [0.717, 1.165) is 5.56 Å². The first kappa shape index (κ1) is 24.9. The Labute approximate surface area is 200 Å². The number of hydrogen-bond acceptors (Lipinski definition) is 6. The number of carbonyl (C=O) groups is 3. The topological polar surface area (TPSA) is 118 Å². The summed E-state index contributed by atoms with van der Waals surface area (Å²) in [6.07, 6.45) is 1.32. The molecule has 0 radical (unpaired) electrons. The molecule has 180 valence electrons. The van der Waals surface area contributed by atoms with Crippen LogP contribution in [0, 0.1) is 12.7 Å². The van der Waals surface area contributed by atoms with Crippen LogP contribution in [-0.2, 0) is 14.4 Å². The van der Waals surface area contributed by atoms with Crippen LogP contribution in [0.3, 0.4) is 0 Å². The summed E-state index contributed by atoms with van der Waals surface area (Å²) in [5.74, 6) is -1.99. The third kappa shape index (κ3) is 7.67. The van der Waals surface area contributed by atoms with Crippen molar-refractivity contribution in [2.24, 2.45) is 5.10 Å². The first-order valence-corrected chi connectivity index (χ1v) is 10.4. The molecule has 35 heavy (non-hydrogen) atoms. The third-order valence-electron chi connectivity index (χ3n) is 4.57. The van der Waals surface area contributed by atoms with Crippen molar-refractivity contribution in [1.82, 2.24) is 5.43 Å². The lowest BCUT2D eigenvalue weighted by molar-refractivity contribution is -0.136. The molecule has 0 bridgehead atoms. The molecule has 0 fully saturated rings. The van der Waals surface area contributed by atoms with Gasteiger partial charge in [0.05, 0.1) is 13.3 Å². The second-order valence-electron chi connectivity index (χ2n) is 7.27. The monoisotopic (exact) mass is 478 g/mol. The van der Waals surface area contributed by atoms with Gasteiger partial charge in [-0.3, -0.25) is 14.4 Å². The Morgan fingerprint density at radius 1 is 0.886 bits per heavy atom. The van der Waals surface area contributed by atoms with Gasteiger partial charge in [-0.05, 0) is 67.1 Å². The maximum absolute atomic E-state index is 13.0. The molecule has 9 nitrogen and oxygen atoms in total. The Hall–Kier alpha value is -4.73. The largest absolute Gasteiger partial charge is 0.493 e. The Morgan fingerprint density at radius 2 is 1.54 bits per heavy atom. The number of hydrogen-bond donors (Lipinski definition) is 3. The van der Waals surface area contributed by atoms with Crippen LogP contribution in [0.25, 0.3) is 0 Å². The minimum absolute atomic E-state index is 0.298. The number of nitrogens with one attached hydrogen (secondary N) is 3. The predicted molar refractivity (Wildman–Crippen MR) is 129 cm³/mol. The van der Waals surface area contributed by atoms with E-state index in [1.165, 1.54) is 37.6 Å². The van der Waals surface area contributed by atoms with Crippen LogP contribution in [0.4, 0.5) is 15.8 Å². The first-order chi connectivity index (χ1) is 16.8. The van der Waals surface area contributed by atoms with E-state index in [2.05, 4.69) is 21.2 Å². The highest BCUT2D eigenvalue weighted by Crippen LogP contribution is 2.27. The van der Waals surface area contributed by atoms with Gasteiger partial charge in [0, 0.05) is 11.4 Å². The van der Waals surface area contributed by atoms with E-state index in [1.54, 1.807) is 30.3 Å². The smallest absolute Gasteiger partial charge is 0.329 e. The van der Waals surface area contributed by atoms with E-state index in [1.807, 2.05) is 19.1 Å². The molecule has 3 N–H and O–H groups in total. The zero-order valence-electron chi connectivity index (χ0n) is 19.0. The van der Waals surface area contributed by atoms with Crippen molar-refractivity contribution in [2.45, 2.75) is 6.92 Å². The van der Waals surface area contributed by atoms with E-state index in [9.17, 15) is 18.8 Å². The molecular formula is C25H23FN4O5. The lowest BCUT2D eigenvalue weighted by Gasteiger charge is -2.11. The first-order valence-electron chi connectivity index (χ1n) is 10.4. The number of nitrogens with zero attached hydrogens (tertiary/aromatic N) is 1. The van der Waals surface area contributed by atoms with Crippen molar-refractivity contribution in [3.63, 3.8) is 0 Å². The highest BCUT2D eigenvalue weighted by atomic mass is 19.1. The number of anilines is 2. The highest BCUT2D eigenvalue weighted by molar-refractivity contribution is 6.39. The number of hydrazone groups is 1. The second-order valence-corrected chi connectivity index (χ2v) is 7.27. The summed E-state index contributed by atoms with van der Waals surface area (Å²) >= 11 is 0. The maximum atomic E-state index is 13.0. The number of aryl methyl sites for hydroxylation is 1. The summed E-state index contributed by atoms with van der Waals surface area (Å²) in [6.45, 7) is 1.61. The van der Waals surface area contributed by atoms with Crippen molar-refractivity contribution in [3.05, 3.63) is 83.7 Å². The van der Waals surface area contributed by atoms with Gasteiger partial charge in [0.15, 0.2) is 18.1 Å². The molecule has 0 aromatic heterocycles. The number of benzene rings is 3. The second kappa shape index (κ2) is 11.9. The predicted octanol–water partition coefficient (Wildman–Crippen LogP) is 3.25. The van der Waals surface area contributed by atoms with Crippen LogP contribution < -0.4 is 25.5 Å². The molecule has 3 rings (SSSR count). The molecule has 0 spiro atoms. The molecule has 0 unspecified atom stereocenters. The zero-order chi connectivity index (χ0) is 25.2. The van der Waals surface area contributed by atoms with E-state index >= 15 is 0 Å². The Morgan fingerprint density at radius 3 is 2.23 bits per heavy atom. The number of carbonyl (C=O) groups excluding carboxylic acids is 3. The molecule has 0 aliphatic carbocycles. The van der Waals surface area contributed by atoms with Gasteiger partial charge in [0.2, 0.25) is 0 Å². The molecule has 0 aliphatic heterocycles. The Balaban J connectivity index is 1.51. The average Bonchev–Trinajstić information content (AvgIpc) is 2.85. The molecule has 10 heteroatoms. The molecule has 0 heterocycles. The lowest BCUT2D eigenvalue weighted by Crippen LogP contribution is -2.32. The summed E-state index contributed by atoms with van der Waals surface area (Å²) in [6, 6.07) is 17.1. The fraction of sp³-hybridized carbons (Fsp3) is 0.120. The Kier molecular flexibility index (Phi) is 8.49. The highest BCUT2D eigenvalue weighted by Gasteiger charge is 2.13. The number of halogens is 1. The molecule has 0 saturated carbocycles. The molecular weight excluding hydrogens is 455 g/mol. The van der Waals surface area contributed by atoms with Crippen molar-refractivity contribution in [3.8, 4) is 11.5 Å². The summed E-state index contributed by atoms with van der Waals surface area (Å²) in [7, 11) is 1.43. The molecule has 3 aromatic carbocycles. The number of amides is 3. The summed E-state index contributed by atoms with van der Waals surface area (Å²) < 4.78 is 23.7. The molecule has 3 amide bonds. The summed E-state index contributed by atoms with van der Waals surface area (Å²) in [4.78, 5) is 36.0. The minimum Gasteiger partial charge on any atom is -0.493 e. The van der Waals surface area contributed by atoms with Crippen molar-refractivity contribution < 1.29 is 28.2 Å². The van der Waals surface area contributed by atoms with Crippen LogP contribution in [0.2, 0.25) is 0 Å². The van der Waals surface area contributed by atoms with Crippen LogP contribution >= 0.6 is 0 Å². The zero-order valence-corrected chi connectivity index (χ0v) is 19.0. The lowest BCUT2D eigenvalue weighted by atomic mass is 10.2. The summed E-state index contributed by atoms with van der Waals surface area (Å²) in [5.41, 5.74) is 4.65. The molecule has 3 aromatic rings. The van der Waals surface area contributed by atoms with Gasteiger partial charge < -0.3 is 20.1 Å².